The van der Waals surface area contributed by atoms with Crippen LogP contribution in [-0.2, 0) is 4.79 Å². The van der Waals surface area contributed by atoms with Gasteiger partial charge in [0.2, 0.25) is 5.91 Å². The number of carbonyl (C=O) groups is 2. The number of aromatic amines is 1. The van der Waals surface area contributed by atoms with E-state index in [0.29, 0.717) is 62.0 Å². The third-order valence-corrected chi connectivity index (χ3v) is 6.46. The number of halogens is 1. The molecule has 37 heavy (non-hydrogen) atoms. The lowest BCUT2D eigenvalue weighted by Crippen LogP contribution is -2.49. The summed E-state index contributed by atoms with van der Waals surface area (Å²) >= 11 is 0. The number of nitrogens with one attached hydrogen (secondary N) is 2. The van der Waals surface area contributed by atoms with Crippen molar-refractivity contribution >= 4 is 40.0 Å². The van der Waals surface area contributed by atoms with Crippen LogP contribution in [0.2, 0.25) is 0 Å². The SMILES string of the molecule is CC(=O)NCCN(c1cccc(C(=O)N2CCN(c3ccccc3F)CC2)c1)c1ncnc2[nH]ccc12. The molecule has 1 saturated heterocycles. The Balaban J connectivity index is 1.36. The molecular formula is C27H28FN7O2. The van der Waals surface area contributed by atoms with Gasteiger partial charge in [-0.15, -0.1) is 0 Å². The quantitative estimate of drug-likeness (QED) is 0.403. The van der Waals surface area contributed by atoms with Gasteiger partial charge in [0.1, 0.15) is 23.6 Å². The van der Waals surface area contributed by atoms with Crippen molar-refractivity contribution in [3.63, 3.8) is 0 Å². The minimum Gasteiger partial charge on any atom is -0.366 e. The van der Waals surface area contributed by atoms with E-state index in [4.69, 9.17) is 0 Å². The van der Waals surface area contributed by atoms with E-state index in [9.17, 15) is 14.0 Å². The Bertz CT molecular complexity index is 1410. The summed E-state index contributed by atoms with van der Waals surface area (Å²) < 4.78 is 14.2. The lowest BCUT2D eigenvalue weighted by Gasteiger charge is -2.36. The molecule has 1 aliphatic rings. The Morgan fingerprint density at radius 1 is 1.05 bits per heavy atom. The normalized spacial score (nSPS) is 13.6. The third-order valence-electron chi connectivity index (χ3n) is 6.46. The summed E-state index contributed by atoms with van der Waals surface area (Å²) in [6.07, 6.45) is 3.29. The molecule has 190 valence electrons. The average Bonchev–Trinajstić information content (AvgIpc) is 3.41. The summed E-state index contributed by atoms with van der Waals surface area (Å²) in [6.45, 7) is 4.45. The number of benzene rings is 2. The Morgan fingerprint density at radius 2 is 1.86 bits per heavy atom. The van der Waals surface area contributed by atoms with Crippen molar-refractivity contribution in [3.8, 4) is 0 Å². The van der Waals surface area contributed by atoms with Crippen LogP contribution < -0.4 is 15.1 Å². The number of rotatable bonds is 7. The van der Waals surface area contributed by atoms with Crippen LogP contribution in [0.1, 0.15) is 17.3 Å². The fourth-order valence-electron chi connectivity index (χ4n) is 4.62. The fraction of sp³-hybridized carbons (Fsp3) is 0.259. The smallest absolute Gasteiger partial charge is 0.254 e. The highest BCUT2D eigenvalue weighted by atomic mass is 19.1. The van der Waals surface area contributed by atoms with Crippen LogP contribution in [0.5, 0.6) is 0 Å². The maximum absolute atomic E-state index is 14.2. The number of hydrogen-bond acceptors (Lipinski definition) is 6. The molecule has 0 bridgehead atoms. The van der Waals surface area contributed by atoms with Crippen molar-refractivity contribution in [2.45, 2.75) is 6.92 Å². The monoisotopic (exact) mass is 501 g/mol. The molecule has 1 aliphatic heterocycles. The van der Waals surface area contributed by atoms with Gasteiger partial charge in [-0.1, -0.05) is 18.2 Å². The van der Waals surface area contributed by atoms with Crippen LogP contribution in [0.3, 0.4) is 0 Å². The maximum Gasteiger partial charge on any atom is 0.254 e. The molecular weight excluding hydrogens is 473 g/mol. The average molecular weight is 502 g/mol. The lowest BCUT2D eigenvalue weighted by molar-refractivity contribution is -0.118. The molecule has 0 spiro atoms. The van der Waals surface area contributed by atoms with E-state index in [-0.39, 0.29) is 17.6 Å². The van der Waals surface area contributed by atoms with Gasteiger partial charge >= 0.3 is 0 Å². The largest absolute Gasteiger partial charge is 0.366 e. The highest BCUT2D eigenvalue weighted by Gasteiger charge is 2.24. The topological polar surface area (TPSA) is 97.5 Å². The first kappa shape index (κ1) is 24.2. The number of para-hydroxylation sites is 1. The number of carbonyl (C=O) groups excluding carboxylic acids is 2. The Labute approximate surface area is 213 Å². The van der Waals surface area contributed by atoms with Gasteiger partial charge in [-0.3, -0.25) is 9.59 Å². The lowest BCUT2D eigenvalue weighted by atomic mass is 10.1. The zero-order valence-corrected chi connectivity index (χ0v) is 20.5. The third kappa shape index (κ3) is 5.23. The minimum atomic E-state index is -0.254. The number of hydrogen-bond donors (Lipinski definition) is 2. The van der Waals surface area contributed by atoms with Gasteiger partial charge in [-0.25, -0.2) is 14.4 Å². The molecule has 0 saturated carbocycles. The maximum atomic E-state index is 14.2. The second-order valence-corrected chi connectivity index (χ2v) is 8.85. The van der Waals surface area contributed by atoms with Crippen molar-refractivity contribution in [2.75, 3.05) is 49.1 Å². The van der Waals surface area contributed by atoms with Crippen LogP contribution in [0.15, 0.2) is 67.1 Å². The van der Waals surface area contributed by atoms with Crippen molar-refractivity contribution in [1.82, 2.24) is 25.2 Å². The van der Waals surface area contributed by atoms with Crippen molar-refractivity contribution in [3.05, 3.63) is 78.5 Å². The van der Waals surface area contributed by atoms with E-state index in [0.717, 1.165) is 11.1 Å². The second kappa shape index (κ2) is 10.7. The van der Waals surface area contributed by atoms with Crippen LogP contribution in [0.25, 0.3) is 11.0 Å². The second-order valence-electron chi connectivity index (χ2n) is 8.85. The fourth-order valence-corrected chi connectivity index (χ4v) is 4.62. The van der Waals surface area contributed by atoms with Gasteiger partial charge in [-0.2, -0.15) is 0 Å². The summed E-state index contributed by atoms with van der Waals surface area (Å²) in [4.78, 5) is 42.5. The van der Waals surface area contributed by atoms with Gasteiger partial charge in [0.15, 0.2) is 0 Å². The zero-order chi connectivity index (χ0) is 25.8. The van der Waals surface area contributed by atoms with E-state index < -0.39 is 0 Å². The molecule has 2 N–H and O–H groups in total. The standard InChI is InChI=1S/C27H28FN7O2/c1-19(36)29-11-12-35(26-22-9-10-30-25(22)31-18-32-26)21-6-4-5-20(17-21)27(37)34-15-13-33(14-16-34)24-8-3-2-7-23(24)28/h2-10,17-18H,11-16H2,1H3,(H,29,36)(H,30,31,32). The molecule has 2 aromatic carbocycles. The molecule has 0 atom stereocenters. The molecule has 9 nitrogen and oxygen atoms in total. The number of amides is 2. The highest BCUT2D eigenvalue weighted by Crippen LogP contribution is 2.30. The van der Waals surface area contributed by atoms with Crippen molar-refractivity contribution in [2.24, 2.45) is 0 Å². The first-order chi connectivity index (χ1) is 18.0. The Hall–Kier alpha value is -4.47. The highest BCUT2D eigenvalue weighted by molar-refractivity contribution is 5.96. The number of anilines is 3. The van der Waals surface area contributed by atoms with Crippen LogP contribution in [0, 0.1) is 5.82 Å². The summed E-state index contributed by atoms with van der Waals surface area (Å²) in [5, 5.41) is 3.67. The molecule has 0 unspecified atom stereocenters. The van der Waals surface area contributed by atoms with Crippen molar-refractivity contribution in [1.29, 1.82) is 0 Å². The predicted molar refractivity (Wildman–Crippen MR) is 141 cm³/mol. The molecule has 4 aromatic rings. The first-order valence-electron chi connectivity index (χ1n) is 12.2. The summed E-state index contributed by atoms with van der Waals surface area (Å²) in [5.41, 5.74) is 2.60. The molecule has 0 aliphatic carbocycles. The van der Waals surface area contributed by atoms with E-state index in [1.165, 1.54) is 19.3 Å². The zero-order valence-electron chi connectivity index (χ0n) is 20.5. The van der Waals surface area contributed by atoms with Crippen LogP contribution in [-0.4, -0.2) is 70.9 Å². The van der Waals surface area contributed by atoms with E-state index in [1.807, 2.05) is 40.1 Å². The molecule has 2 aromatic heterocycles. The molecule has 3 heterocycles. The molecule has 2 amide bonds. The number of piperazine rings is 1. The number of H-pyrrole nitrogens is 1. The minimum absolute atomic E-state index is 0.0775. The van der Waals surface area contributed by atoms with Gasteiger partial charge in [0, 0.05) is 63.6 Å². The summed E-state index contributed by atoms with van der Waals surface area (Å²) in [5.74, 6) is 0.231. The van der Waals surface area contributed by atoms with Gasteiger partial charge in [0.05, 0.1) is 11.1 Å². The van der Waals surface area contributed by atoms with Gasteiger partial charge in [-0.05, 0) is 36.4 Å². The predicted octanol–water partition coefficient (Wildman–Crippen LogP) is 3.33. The van der Waals surface area contributed by atoms with Crippen LogP contribution >= 0.6 is 0 Å². The first-order valence-corrected chi connectivity index (χ1v) is 12.2. The molecule has 0 radical (unpaired) electrons. The number of nitrogens with zero attached hydrogens (tertiary/aromatic N) is 5. The Morgan fingerprint density at radius 3 is 2.65 bits per heavy atom. The molecule has 1 fully saturated rings. The molecule has 10 heteroatoms. The van der Waals surface area contributed by atoms with Crippen molar-refractivity contribution < 1.29 is 14.0 Å². The molecule has 5 rings (SSSR count). The van der Waals surface area contributed by atoms with E-state index in [1.54, 1.807) is 29.3 Å². The Kier molecular flexibility index (Phi) is 6.98. The summed E-state index contributed by atoms with van der Waals surface area (Å²) in [7, 11) is 0. The van der Waals surface area contributed by atoms with Gasteiger partial charge in [0.25, 0.3) is 5.91 Å². The van der Waals surface area contributed by atoms with E-state index in [2.05, 4.69) is 20.3 Å². The number of fused-ring (bicyclic) bond motifs is 1. The van der Waals surface area contributed by atoms with E-state index >= 15 is 0 Å². The number of aromatic nitrogens is 3. The summed E-state index contributed by atoms with van der Waals surface area (Å²) in [6, 6.07) is 16.0. The van der Waals surface area contributed by atoms with Crippen LogP contribution in [0.4, 0.5) is 21.6 Å². The van der Waals surface area contributed by atoms with Gasteiger partial charge < -0.3 is 25.0 Å².